The summed E-state index contributed by atoms with van der Waals surface area (Å²) in [5, 5.41) is 0.162. The molecule has 9 heteroatoms. The van der Waals surface area contributed by atoms with Crippen molar-refractivity contribution in [3.63, 3.8) is 0 Å². The van der Waals surface area contributed by atoms with E-state index in [4.69, 9.17) is 16.3 Å². The largest absolute Gasteiger partial charge is 0.465 e. The van der Waals surface area contributed by atoms with Crippen molar-refractivity contribution in [1.29, 1.82) is 0 Å². The van der Waals surface area contributed by atoms with Gasteiger partial charge in [-0.25, -0.2) is 8.42 Å². The normalized spacial score (nSPS) is 17.5. The lowest BCUT2D eigenvalue weighted by atomic mass is 10.2. The van der Waals surface area contributed by atoms with Crippen LogP contribution in [-0.2, 0) is 19.6 Å². The van der Waals surface area contributed by atoms with E-state index in [2.05, 4.69) is 0 Å². The molecule has 1 saturated carbocycles. The van der Waals surface area contributed by atoms with Crippen molar-refractivity contribution in [3.05, 3.63) is 28.8 Å². The molecule has 2 fully saturated rings. The second kappa shape index (κ2) is 8.80. The number of esters is 1. The SMILES string of the molecule is CCOC(=O)CN(CC1CC1)C(=O)c1cc(S(=O)(=O)N2CCCC2)ccc1Cl. The Labute approximate surface area is 170 Å². The predicted octanol–water partition coefficient (Wildman–Crippen LogP) is 2.54. The molecule has 1 aromatic rings. The summed E-state index contributed by atoms with van der Waals surface area (Å²) in [5.74, 6) is -0.592. The number of nitrogens with zero attached hydrogens (tertiary/aromatic N) is 2. The lowest BCUT2D eigenvalue weighted by molar-refractivity contribution is -0.143. The summed E-state index contributed by atoms with van der Waals surface area (Å²) in [7, 11) is -3.67. The van der Waals surface area contributed by atoms with Gasteiger partial charge in [-0.3, -0.25) is 9.59 Å². The van der Waals surface area contributed by atoms with Gasteiger partial charge in [0.2, 0.25) is 10.0 Å². The van der Waals surface area contributed by atoms with Crippen LogP contribution in [0.15, 0.2) is 23.1 Å². The number of sulfonamides is 1. The second-order valence-electron chi connectivity index (χ2n) is 7.19. The van der Waals surface area contributed by atoms with Crippen LogP contribution in [0.1, 0.15) is 43.0 Å². The summed E-state index contributed by atoms with van der Waals surface area (Å²) in [6.07, 6.45) is 3.66. The average Bonchev–Trinajstić information content (AvgIpc) is 3.29. The number of carbonyl (C=O) groups is 2. The Morgan fingerprint density at radius 1 is 1.25 bits per heavy atom. The van der Waals surface area contributed by atoms with E-state index >= 15 is 0 Å². The van der Waals surface area contributed by atoms with Gasteiger partial charge in [-0.05, 0) is 56.7 Å². The fraction of sp³-hybridized carbons (Fsp3) is 0.579. The maximum absolute atomic E-state index is 13.1. The molecular formula is C19H25ClN2O5S. The zero-order valence-electron chi connectivity index (χ0n) is 15.9. The third kappa shape index (κ3) is 4.85. The van der Waals surface area contributed by atoms with Crippen LogP contribution >= 0.6 is 11.6 Å². The number of benzene rings is 1. The molecule has 154 valence electrons. The molecule has 1 heterocycles. The van der Waals surface area contributed by atoms with Gasteiger partial charge in [-0.2, -0.15) is 4.31 Å². The smallest absolute Gasteiger partial charge is 0.325 e. The van der Waals surface area contributed by atoms with Gasteiger partial charge in [0.05, 0.1) is 22.1 Å². The van der Waals surface area contributed by atoms with E-state index < -0.39 is 21.9 Å². The molecule has 3 rings (SSSR count). The molecule has 7 nitrogen and oxygen atoms in total. The van der Waals surface area contributed by atoms with Gasteiger partial charge in [0, 0.05) is 19.6 Å². The highest BCUT2D eigenvalue weighted by Crippen LogP contribution is 2.31. The van der Waals surface area contributed by atoms with Crippen LogP contribution in [0.2, 0.25) is 5.02 Å². The van der Waals surface area contributed by atoms with Gasteiger partial charge in [-0.1, -0.05) is 11.6 Å². The second-order valence-corrected chi connectivity index (χ2v) is 9.53. The Morgan fingerprint density at radius 2 is 1.93 bits per heavy atom. The molecular weight excluding hydrogens is 404 g/mol. The first-order valence-electron chi connectivity index (χ1n) is 9.57. The molecule has 1 aromatic carbocycles. The monoisotopic (exact) mass is 428 g/mol. The first-order chi connectivity index (χ1) is 13.3. The number of rotatable bonds is 8. The first-order valence-corrected chi connectivity index (χ1v) is 11.4. The molecule has 0 radical (unpaired) electrons. The summed E-state index contributed by atoms with van der Waals surface area (Å²) in [4.78, 5) is 26.5. The van der Waals surface area contributed by atoms with Crippen molar-refractivity contribution >= 4 is 33.5 Å². The number of halogens is 1. The van der Waals surface area contributed by atoms with Gasteiger partial charge in [0.1, 0.15) is 6.54 Å². The zero-order valence-corrected chi connectivity index (χ0v) is 17.5. The molecule has 0 bridgehead atoms. The van der Waals surface area contributed by atoms with Crippen molar-refractivity contribution < 1.29 is 22.7 Å². The lowest BCUT2D eigenvalue weighted by Gasteiger charge is -2.23. The van der Waals surface area contributed by atoms with E-state index in [9.17, 15) is 18.0 Å². The van der Waals surface area contributed by atoms with Gasteiger partial charge in [0.15, 0.2) is 0 Å². The Hall–Kier alpha value is -1.64. The molecule has 28 heavy (non-hydrogen) atoms. The maximum Gasteiger partial charge on any atom is 0.325 e. The Balaban J connectivity index is 1.87. The number of amides is 1. The molecule has 2 aliphatic rings. The zero-order chi connectivity index (χ0) is 20.3. The Kier molecular flexibility index (Phi) is 6.62. The van der Waals surface area contributed by atoms with Crippen molar-refractivity contribution in [3.8, 4) is 0 Å². The average molecular weight is 429 g/mol. The van der Waals surface area contributed by atoms with Gasteiger partial charge < -0.3 is 9.64 Å². The van der Waals surface area contributed by atoms with Crippen LogP contribution in [-0.4, -0.2) is 62.3 Å². The van der Waals surface area contributed by atoms with Crippen LogP contribution in [0.4, 0.5) is 0 Å². The van der Waals surface area contributed by atoms with Gasteiger partial charge >= 0.3 is 5.97 Å². The highest BCUT2D eigenvalue weighted by Gasteiger charge is 2.32. The van der Waals surface area contributed by atoms with E-state index in [0.29, 0.717) is 25.6 Å². The van der Waals surface area contributed by atoms with Crippen LogP contribution < -0.4 is 0 Å². The van der Waals surface area contributed by atoms with Crippen molar-refractivity contribution in [1.82, 2.24) is 9.21 Å². The van der Waals surface area contributed by atoms with Crippen molar-refractivity contribution in [2.45, 2.75) is 37.5 Å². The molecule has 1 amide bonds. The van der Waals surface area contributed by atoms with Gasteiger partial charge in [0.25, 0.3) is 5.91 Å². The quantitative estimate of drug-likeness (QED) is 0.594. The first kappa shape index (κ1) is 21.1. The third-order valence-electron chi connectivity index (χ3n) is 4.96. The fourth-order valence-electron chi connectivity index (χ4n) is 3.27. The van der Waals surface area contributed by atoms with Crippen LogP contribution in [0, 0.1) is 5.92 Å². The van der Waals surface area contributed by atoms with E-state index in [1.807, 2.05) is 0 Å². The summed E-state index contributed by atoms with van der Waals surface area (Å²) in [6, 6.07) is 4.17. The molecule has 1 aliphatic carbocycles. The summed E-state index contributed by atoms with van der Waals surface area (Å²) in [5.41, 5.74) is 0.0897. The van der Waals surface area contributed by atoms with Crippen LogP contribution in [0.3, 0.4) is 0 Å². The van der Waals surface area contributed by atoms with E-state index in [-0.39, 0.29) is 28.6 Å². The highest BCUT2D eigenvalue weighted by molar-refractivity contribution is 7.89. The summed E-state index contributed by atoms with van der Waals surface area (Å²) >= 11 is 6.22. The molecule has 0 unspecified atom stereocenters. The molecule has 1 aliphatic heterocycles. The minimum absolute atomic E-state index is 0.0460. The predicted molar refractivity (Wildman–Crippen MR) is 105 cm³/mol. The van der Waals surface area contributed by atoms with E-state index in [1.54, 1.807) is 6.92 Å². The Bertz CT molecular complexity index is 848. The lowest BCUT2D eigenvalue weighted by Crippen LogP contribution is -2.38. The molecule has 0 atom stereocenters. The number of hydrogen-bond donors (Lipinski definition) is 0. The molecule has 0 aromatic heterocycles. The standard InChI is InChI=1S/C19H25ClN2O5S/c1-2-27-18(23)13-21(12-14-5-6-14)19(24)16-11-15(7-8-17(16)20)28(25,26)22-9-3-4-10-22/h7-8,11,14H,2-6,9-10,12-13H2,1H3. The minimum Gasteiger partial charge on any atom is -0.465 e. The minimum atomic E-state index is -3.67. The molecule has 0 N–H and O–H groups in total. The summed E-state index contributed by atoms with van der Waals surface area (Å²) < 4.78 is 32.0. The van der Waals surface area contributed by atoms with E-state index in [1.165, 1.54) is 27.4 Å². The van der Waals surface area contributed by atoms with Crippen LogP contribution in [0.25, 0.3) is 0 Å². The maximum atomic E-state index is 13.1. The Morgan fingerprint density at radius 3 is 2.54 bits per heavy atom. The number of carbonyl (C=O) groups excluding carboxylic acids is 2. The third-order valence-corrected chi connectivity index (χ3v) is 7.18. The van der Waals surface area contributed by atoms with Crippen LogP contribution in [0.5, 0.6) is 0 Å². The van der Waals surface area contributed by atoms with Gasteiger partial charge in [-0.15, -0.1) is 0 Å². The summed E-state index contributed by atoms with van der Waals surface area (Å²) in [6.45, 7) is 3.14. The fourth-order valence-corrected chi connectivity index (χ4v) is 5.01. The molecule has 1 saturated heterocycles. The molecule has 0 spiro atoms. The topological polar surface area (TPSA) is 84.0 Å². The van der Waals surface area contributed by atoms with Crippen molar-refractivity contribution in [2.75, 3.05) is 32.8 Å². The number of ether oxygens (including phenoxy) is 1. The highest BCUT2D eigenvalue weighted by atomic mass is 35.5. The van der Waals surface area contributed by atoms with Crippen molar-refractivity contribution in [2.24, 2.45) is 5.92 Å². The number of hydrogen-bond acceptors (Lipinski definition) is 5. The van der Waals surface area contributed by atoms with E-state index in [0.717, 1.165) is 25.7 Å².